The molecule has 0 aliphatic carbocycles. The number of nitrogens with one attached hydrogen (secondary N) is 3. The fourth-order valence-electron chi connectivity index (χ4n) is 2.62. The first-order valence-electron chi connectivity index (χ1n) is 8.54. The summed E-state index contributed by atoms with van der Waals surface area (Å²) in [6, 6.07) is 9.00. The number of carbonyl (C=O) groups excluding carboxylic acids is 1. The van der Waals surface area contributed by atoms with E-state index in [0.717, 1.165) is 15.9 Å². The van der Waals surface area contributed by atoms with Crippen LogP contribution < -0.4 is 10.2 Å². The molecule has 0 spiro atoms. The molecule has 1 unspecified atom stereocenters. The highest BCUT2D eigenvalue weighted by Crippen LogP contribution is 2.19. The van der Waals surface area contributed by atoms with Gasteiger partial charge in [0.05, 0.1) is 18.1 Å². The van der Waals surface area contributed by atoms with E-state index in [-0.39, 0.29) is 29.3 Å². The second-order valence-electron chi connectivity index (χ2n) is 7.52. The zero-order valence-electron chi connectivity index (χ0n) is 15.8. The van der Waals surface area contributed by atoms with Crippen molar-refractivity contribution >= 4 is 22.5 Å². The van der Waals surface area contributed by atoms with Crippen LogP contribution >= 0.6 is 0 Å². The van der Waals surface area contributed by atoms with Crippen LogP contribution in [0.2, 0.25) is 0 Å². The highest BCUT2D eigenvalue weighted by Gasteiger charge is 2.26. The number of allylic oxidation sites excluding steroid dienone is 1. The number of amides is 1. The number of fused-ring (bicyclic) bond motifs is 1. The Hall–Kier alpha value is -2.85. The largest absolute Gasteiger partial charge is 0.505 e. The average molecular weight is 356 g/mol. The number of imidazole rings is 1. The molecule has 0 radical (unpaired) electrons. The maximum absolute atomic E-state index is 12.1. The number of nitriles is 1. The number of benzene rings is 1. The second kappa shape index (κ2) is 7.58. The number of likely N-dealkylation sites (N-methyl/N-ethyl adjacent to an activating group) is 1. The van der Waals surface area contributed by atoms with Gasteiger partial charge in [-0.1, -0.05) is 12.1 Å². The van der Waals surface area contributed by atoms with Crippen molar-refractivity contribution in [2.45, 2.75) is 39.3 Å². The molecule has 0 saturated carbocycles. The molecule has 0 aliphatic heterocycles. The van der Waals surface area contributed by atoms with E-state index in [9.17, 15) is 15.2 Å². The van der Waals surface area contributed by atoms with E-state index in [1.165, 1.54) is 0 Å². The number of carbonyl (C=O) groups is 1. The van der Waals surface area contributed by atoms with Gasteiger partial charge >= 0.3 is 0 Å². The van der Waals surface area contributed by atoms with E-state index in [0.29, 0.717) is 5.82 Å². The third-order valence-electron chi connectivity index (χ3n) is 4.10. The Labute approximate surface area is 153 Å². The molecule has 7 nitrogen and oxygen atoms in total. The Balaban J connectivity index is 2.23. The van der Waals surface area contributed by atoms with Crippen LogP contribution in [0.3, 0.4) is 0 Å². The van der Waals surface area contributed by atoms with E-state index in [1.807, 2.05) is 51.1 Å². The first kappa shape index (κ1) is 19.5. The van der Waals surface area contributed by atoms with Gasteiger partial charge in [-0.25, -0.2) is 4.98 Å². The fraction of sp³-hybridized carbons (Fsp3) is 0.421. The highest BCUT2D eigenvalue weighted by atomic mass is 16.3. The molecule has 2 atom stereocenters. The molecule has 2 rings (SSSR count). The van der Waals surface area contributed by atoms with Crippen molar-refractivity contribution in [3.63, 3.8) is 0 Å². The lowest BCUT2D eigenvalue weighted by molar-refractivity contribution is -0.891. The number of quaternary nitrogens is 1. The molecule has 1 heterocycles. The summed E-state index contributed by atoms with van der Waals surface area (Å²) in [5, 5.41) is 23.0. The Bertz CT molecular complexity index is 837. The van der Waals surface area contributed by atoms with Gasteiger partial charge in [0.1, 0.15) is 17.7 Å². The zero-order chi connectivity index (χ0) is 19.5. The Kier molecular flexibility index (Phi) is 5.68. The van der Waals surface area contributed by atoms with Crippen molar-refractivity contribution in [2.24, 2.45) is 0 Å². The SMILES string of the molecule is C[C@H](/C(O)=C(\C#N)c1nc2ccccc2[nH]1)[NH+](C)CC(=O)NC(C)(C)C. The molecule has 1 aromatic heterocycles. The molecular weight excluding hydrogens is 330 g/mol. The molecular formula is C19H26N5O2+. The number of nitrogens with zero attached hydrogens (tertiary/aromatic N) is 2. The lowest BCUT2D eigenvalue weighted by Crippen LogP contribution is -3.14. The lowest BCUT2D eigenvalue weighted by atomic mass is 10.1. The summed E-state index contributed by atoms with van der Waals surface area (Å²) < 4.78 is 0. The predicted octanol–water partition coefficient (Wildman–Crippen LogP) is 1.17. The molecule has 138 valence electrons. The summed E-state index contributed by atoms with van der Waals surface area (Å²) in [5.41, 5.74) is 1.29. The van der Waals surface area contributed by atoms with Crippen molar-refractivity contribution < 1.29 is 14.8 Å². The van der Waals surface area contributed by atoms with E-state index in [4.69, 9.17) is 0 Å². The first-order valence-corrected chi connectivity index (χ1v) is 8.54. The molecule has 26 heavy (non-hydrogen) atoms. The number of aromatic nitrogens is 2. The molecule has 2 aromatic rings. The maximum Gasteiger partial charge on any atom is 0.275 e. The summed E-state index contributed by atoms with van der Waals surface area (Å²) in [6.45, 7) is 7.69. The smallest absolute Gasteiger partial charge is 0.275 e. The van der Waals surface area contributed by atoms with Gasteiger partial charge in [0.15, 0.2) is 18.1 Å². The van der Waals surface area contributed by atoms with Crippen molar-refractivity contribution in [3.05, 3.63) is 35.8 Å². The van der Waals surface area contributed by atoms with Gasteiger partial charge < -0.3 is 20.3 Å². The minimum absolute atomic E-state index is 0.0873. The van der Waals surface area contributed by atoms with Crippen molar-refractivity contribution in [1.29, 1.82) is 5.26 Å². The summed E-state index contributed by atoms with van der Waals surface area (Å²) in [6.07, 6.45) is 0. The second-order valence-corrected chi connectivity index (χ2v) is 7.52. The Morgan fingerprint density at radius 3 is 2.65 bits per heavy atom. The Morgan fingerprint density at radius 1 is 1.42 bits per heavy atom. The number of aliphatic hydroxyl groups excluding tert-OH is 1. The lowest BCUT2D eigenvalue weighted by Gasteiger charge is -2.24. The predicted molar refractivity (Wildman–Crippen MR) is 100 cm³/mol. The van der Waals surface area contributed by atoms with Crippen LogP contribution in [-0.4, -0.2) is 46.2 Å². The van der Waals surface area contributed by atoms with Gasteiger partial charge in [0.2, 0.25) is 0 Å². The number of para-hydroxylation sites is 2. The number of H-pyrrole nitrogens is 1. The van der Waals surface area contributed by atoms with Crippen LogP contribution in [-0.2, 0) is 4.79 Å². The van der Waals surface area contributed by atoms with Gasteiger partial charge in [-0.2, -0.15) is 5.26 Å². The topological polar surface area (TPSA) is 106 Å². The van der Waals surface area contributed by atoms with Gasteiger partial charge in [-0.05, 0) is 39.8 Å². The standard InChI is InChI=1S/C19H25N5O2/c1-12(24(5)11-16(25)23-19(2,3)4)17(26)13(10-20)18-21-14-8-6-7-9-15(14)22-18/h6-9,12,26H,11H2,1-5H3,(H,21,22)(H,23,25)/p+1/b17-13-/t12-/m1/s1. The van der Waals surface area contributed by atoms with Crippen LogP contribution in [0.25, 0.3) is 16.6 Å². The van der Waals surface area contributed by atoms with Gasteiger partial charge in [-0.15, -0.1) is 0 Å². The normalized spacial score (nSPS) is 15.1. The minimum atomic E-state index is -0.441. The van der Waals surface area contributed by atoms with Crippen LogP contribution in [0.1, 0.15) is 33.5 Å². The summed E-state index contributed by atoms with van der Waals surface area (Å²) in [5.74, 6) is 0.120. The molecule has 1 amide bonds. The van der Waals surface area contributed by atoms with Crippen LogP contribution in [0.5, 0.6) is 0 Å². The van der Waals surface area contributed by atoms with Crippen molar-refractivity contribution in [1.82, 2.24) is 15.3 Å². The molecule has 0 saturated heterocycles. The van der Waals surface area contributed by atoms with Crippen LogP contribution in [0.4, 0.5) is 0 Å². The first-order chi connectivity index (χ1) is 12.1. The minimum Gasteiger partial charge on any atom is -0.505 e. The monoisotopic (exact) mass is 356 g/mol. The van der Waals surface area contributed by atoms with Gasteiger partial charge in [0, 0.05) is 5.54 Å². The number of rotatable bonds is 5. The quantitative estimate of drug-likeness (QED) is 0.477. The zero-order valence-corrected chi connectivity index (χ0v) is 15.8. The molecule has 0 aliphatic rings. The highest BCUT2D eigenvalue weighted by molar-refractivity contribution is 5.83. The number of hydrogen-bond donors (Lipinski definition) is 4. The number of aliphatic hydroxyl groups is 1. The summed E-state index contributed by atoms with van der Waals surface area (Å²) in [7, 11) is 1.80. The average Bonchev–Trinajstić information content (AvgIpc) is 2.96. The van der Waals surface area contributed by atoms with Crippen LogP contribution in [0.15, 0.2) is 30.0 Å². The van der Waals surface area contributed by atoms with Gasteiger partial charge in [0.25, 0.3) is 5.91 Å². The van der Waals surface area contributed by atoms with Gasteiger partial charge in [-0.3, -0.25) is 4.79 Å². The third-order valence-corrected chi connectivity index (χ3v) is 4.10. The van der Waals surface area contributed by atoms with E-state index >= 15 is 0 Å². The maximum atomic E-state index is 12.1. The van der Waals surface area contributed by atoms with Crippen molar-refractivity contribution in [2.75, 3.05) is 13.6 Å². The molecule has 0 bridgehead atoms. The van der Waals surface area contributed by atoms with E-state index in [1.54, 1.807) is 14.0 Å². The number of aromatic amines is 1. The summed E-state index contributed by atoms with van der Waals surface area (Å²) in [4.78, 5) is 20.3. The molecule has 4 N–H and O–H groups in total. The molecule has 7 heteroatoms. The Morgan fingerprint density at radius 2 is 2.08 bits per heavy atom. The van der Waals surface area contributed by atoms with Crippen molar-refractivity contribution in [3.8, 4) is 6.07 Å². The fourth-order valence-corrected chi connectivity index (χ4v) is 2.62. The summed E-state index contributed by atoms with van der Waals surface area (Å²) >= 11 is 0. The number of hydrogen-bond acceptors (Lipinski definition) is 4. The molecule has 0 fully saturated rings. The third kappa shape index (κ3) is 4.61. The molecule has 1 aromatic carbocycles. The van der Waals surface area contributed by atoms with E-state index < -0.39 is 6.04 Å². The van der Waals surface area contributed by atoms with E-state index in [2.05, 4.69) is 15.3 Å². The van der Waals surface area contributed by atoms with Crippen LogP contribution in [0, 0.1) is 11.3 Å².